The molecule has 2 heterocycles. The topological polar surface area (TPSA) is 29.0 Å². The molecule has 3 heteroatoms. The van der Waals surface area contributed by atoms with E-state index in [1.54, 1.807) is 0 Å². The molecule has 1 aromatic heterocycles. The van der Waals surface area contributed by atoms with Crippen LogP contribution in [0, 0.1) is 0 Å². The Morgan fingerprint density at radius 2 is 1.02 bits per heavy atom. The summed E-state index contributed by atoms with van der Waals surface area (Å²) >= 11 is 0. The molecular weight excluding hydrogens is 643 g/mol. The summed E-state index contributed by atoms with van der Waals surface area (Å²) in [6, 6.07) is 63.0. The van der Waals surface area contributed by atoms with Gasteiger partial charge in [-0.15, -0.1) is 0 Å². The lowest BCUT2D eigenvalue weighted by Gasteiger charge is -2.28. The average Bonchev–Trinajstić information content (AvgIpc) is 3.58. The zero-order valence-corrected chi connectivity index (χ0v) is 29.1. The molecule has 0 saturated carbocycles. The van der Waals surface area contributed by atoms with Crippen LogP contribution < -0.4 is 4.90 Å². The van der Waals surface area contributed by atoms with Gasteiger partial charge in [0.15, 0.2) is 5.82 Å². The van der Waals surface area contributed by atoms with E-state index in [1.807, 2.05) is 6.07 Å². The minimum absolute atomic E-state index is 0.347. The van der Waals surface area contributed by atoms with Gasteiger partial charge in [0.2, 0.25) is 0 Å². The number of anilines is 2. The zero-order valence-electron chi connectivity index (χ0n) is 29.1. The number of aromatic nitrogens is 2. The predicted octanol–water partition coefficient (Wildman–Crippen LogP) is 12.8. The highest BCUT2D eigenvalue weighted by molar-refractivity contribution is 5.93. The molecule has 3 nitrogen and oxygen atoms in total. The number of nitrogens with zero attached hydrogens (tertiary/aromatic N) is 3. The fourth-order valence-corrected chi connectivity index (χ4v) is 7.86. The summed E-state index contributed by atoms with van der Waals surface area (Å²) in [6.45, 7) is 0. The third-order valence-corrected chi connectivity index (χ3v) is 10.6. The average molecular weight is 678 g/mol. The van der Waals surface area contributed by atoms with Crippen molar-refractivity contribution in [2.75, 3.05) is 4.90 Å². The molecular formula is C50H35N3. The Kier molecular flexibility index (Phi) is 7.62. The quantitative estimate of drug-likeness (QED) is 0.175. The van der Waals surface area contributed by atoms with Gasteiger partial charge >= 0.3 is 0 Å². The molecule has 0 saturated heterocycles. The Morgan fingerprint density at radius 3 is 1.74 bits per heavy atom. The van der Waals surface area contributed by atoms with Gasteiger partial charge in [0, 0.05) is 33.6 Å². The van der Waals surface area contributed by atoms with Crippen molar-refractivity contribution < 1.29 is 0 Å². The SMILES string of the molecule is C1=CCC2C(=C1)c1ccccc1N2c1ccc(-c2ccc(-c3ccc(-c4nc(-c5ccccc5)cc(-c5ccc6ccccc6c5)n4)cc3)cc2)cc1. The van der Waals surface area contributed by atoms with Gasteiger partial charge in [-0.05, 0) is 75.4 Å². The highest BCUT2D eigenvalue weighted by Crippen LogP contribution is 2.47. The van der Waals surface area contributed by atoms with E-state index < -0.39 is 0 Å². The molecule has 7 aromatic carbocycles. The fraction of sp³-hybridized carbons (Fsp3) is 0.0400. The summed E-state index contributed by atoms with van der Waals surface area (Å²) in [5.74, 6) is 0.712. The molecule has 2 aliphatic rings. The maximum Gasteiger partial charge on any atom is 0.160 e. The summed E-state index contributed by atoms with van der Waals surface area (Å²) in [5.41, 5.74) is 14.9. The fourth-order valence-electron chi connectivity index (χ4n) is 7.86. The van der Waals surface area contributed by atoms with Crippen LogP contribution in [-0.4, -0.2) is 16.0 Å². The molecule has 1 aliphatic heterocycles. The van der Waals surface area contributed by atoms with E-state index in [-0.39, 0.29) is 0 Å². The molecule has 0 N–H and O–H groups in total. The molecule has 0 bridgehead atoms. The van der Waals surface area contributed by atoms with Gasteiger partial charge in [-0.2, -0.15) is 0 Å². The number of para-hydroxylation sites is 1. The summed E-state index contributed by atoms with van der Waals surface area (Å²) in [7, 11) is 0. The summed E-state index contributed by atoms with van der Waals surface area (Å²) in [6.07, 6.45) is 7.76. The van der Waals surface area contributed by atoms with Crippen LogP contribution in [0.25, 0.3) is 72.5 Å². The Morgan fingerprint density at radius 1 is 0.453 bits per heavy atom. The van der Waals surface area contributed by atoms with Crippen LogP contribution in [0.4, 0.5) is 11.4 Å². The maximum atomic E-state index is 5.10. The van der Waals surface area contributed by atoms with Crippen molar-refractivity contribution in [1.29, 1.82) is 0 Å². The molecule has 8 aromatic rings. The molecule has 1 atom stereocenters. The molecule has 53 heavy (non-hydrogen) atoms. The standard InChI is InChI=1S/C50H35N3/c1-2-11-39(12-3-1)46-33-47(42-27-24-34-10-4-5-13-41(34)32-42)52-50(51-46)40-25-22-37(23-26-40)35-18-20-36(21-19-35)38-28-30-43(31-29-38)53-48-16-8-6-14-44(48)45-15-7-9-17-49(45)53/h1-16,18-33,49H,17H2. The lowest BCUT2D eigenvalue weighted by atomic mass is 9.96. The molecule has 0 amide bonds. The van der Waals surface area contributed by atoms with E-state index in [4.69, 9.17) is 9.97 Å². The van der Waals surface area contributed by atoms with E-state index >= 15 is 0 Å². The first-order valence-electron chi connectivity index (χ1n) is 18.3. The lowest BCUT2D eigenvalue weighted by Crippen LogP contribution is -2.26. The van der Waals surface area contributed by atoms with Crippen molar-refractivity contribution in [3.8, 4) is 56.2 Å². The minimum atomic E-state index is 0.347. The number of rotatable bonds is 6. The van der Waals surface area contributed by atoms with Crippen LogP contribution in [-0.2, 0) is 0 Å². The number of fused-ring (bicyclic) bond motifs is 4. The largest absolute Gasteiger partial charge is 0.333 e. The van der Waals surface area contributed by atoms with Crippen molar-refractivity contribution in [1.82, 2.24) is 9.97 Å². The van der Waals surface area contributed by atoms with E-state index in [9.17, 15) is 0 Å². The molecule has 10 rings (SSSR count). The molecule has 1 unspecified atom stereocenters. The summed E-state index contributed by atoms with van der Waals surface area (Å²) in [5, 5.41) is 2.41. The summed E-state index contributed by atoms with van der Waals surface area (Å²) < 4.78 is 0. The third kappa shape index (κ3) is 5.73. The molecule has 0 spiro atoms. The first-order valence-corrected chi connectivity index (χ1v) is 18.3. The van der Waals surface area contributed by atoms with Crippen LogP contribution in [0.3, 0.4) is 0 Å². The van der Waals surface area contributed by atoms with Crippen molar-refractivity contribution in [2.24, 2.45) is 0 Å². The monoisotopic (exact) mass is 677 g/mol. The highest BCUT2D eigenvalue weighted by Gasteiger charge is 2.34. The lowest BCUT2D eigenvalue weighted by molar-refractivity contribution is 0.829. The Hall–Kier alpha value is -6.84. The summed E-state index contributed by atoms with van der Waals surface area (Å²) in [4.78, 5) is 12.6. The van der Waals surface area contributed by atoms with E-state index in [2.05, 4.69) is 193 Å². The molecule has 250 valence electrons. The van der Waals surface area contributed by atoms with E-state index in [1.165, 1.54) is 50.0 Å². The maximum absolute atomic E-state index is 5.10. The Bertz CT molecular complexity index is 2670. The van der Waals surface area contributed by atoms with Gasteiger partial charge in [-0.25, -0.2) is 9.97 Å². The molecule has 0 fully saturated rings. The van der Waals surface area contributed by atoms with Crippen LogP contribution >= 0.6 is 0 Å². The normalized spacial score (nSPS) is 14.5. The van der Waals surface area contributed by atoms with Gasteiger partial charge in [-0.3, -0.25) is 0 Å². The first-order chi connectivity index (χ1) is 26.2. The van der Waals surface area contributed by atoms with Crippen molar-refractivity contribution >= 4 is 27.7 Å². The second kappa shape index (κ2) is 13.0. The van der Waals surface area contributed by atoms with Crippen LogP contribution in [0.5, 0.6) is 0 Å². The van der Waals surface area contributed by atoms with E-state index in [0.29, 0.717) is 11.9 Å². The molecule has 0 radical (unpaired) electrons. The van der Waals surface area contributed by atoms with Crippen molar-refractivity contribution in [3.63, 3.8) is 0 Å². The van der Waals surface area contributed by atoms with Crippen molar-refractivity contribution in [3.05, 3.63) is 200 Å². The van der Waals surface area contributed by atoms with Gasteiger partial charge in [0.05, 0.1) is 17.4 Å². The minimum Gasteiger partial charge on any atom is -0.333 e. The smallest absolute Gasteiger partial charge is 0.160 e. The third-order valence-electron chi connectivity index (χ3n) is 10.6. The second-order valence-corrected chi connectivity index (χ2v) is 13.8. The number of benzene rings is 7. The number of allylic oxidation sites excluding steroid dienone is 2. The second-order valence-electron chi connectivity index (χ2n) is 13.8. The van der Waals surface area contributed by atoms with Crippen LogP contribution in [0.2, 0.25) is 0 Å². The van der Waals surface area contributed by atoms with Gasteiger partial charge in [0.25, 0.3) is 0 Å². The predicted molar refractivity (Wildman–Crippen MR) is 221 cm³/mol. The van der Waals surface area contributed by atoms with Crippen LogP contribution in [0.15, 0.2) is 194 Å². The Balaban J connectivity index is 0.916. The Labute approximate surface area is 309 Å². The number of hydrogen-bond donors (Lipinski definition) is 0. The van der Waals surface area contributed by atoms with Crippen molar-refractivity contribution in [2.45, 2.75) is 12.5 Å². The van der Waals surface area contributed by atoms with Gasteiger partial charge in [-0.1, -0.05) is 164 Å². The van der Waals surface area contributed by atoms with E-state index in [0.717, 1.165) is 40.1 Å². The zero-order chi connectivity index (χ0) is 35.1. The van der Waals surface area contributed by atoms with Crippen LogP contribution in [0.1, 0.15) is 12.0 Å². The highest BCUT2D eigenvalue weighted by atomic mass is 15.2. The molecule has 1 aliphatic carbocycles. The first kappa shape index (κ1) is 30.9. The number of hydrogen-bond acceptors (Lipinski definition) is 3. The van der Waals surface area contributed by atoms with Gasteiger partial charge in [0.1, 0.15) is 0 Å². The van der Waals surface area contributed by atoms with Gasteiger partial charge < -0.3 is 4.90 Å².